The maximum absolute atomic E-state index is 12.8. The minimum atomic E-state index is -0.527. The van der Waals surface area contributed by atoms with Crippen LogP contribution in [0, 0.1) is 17.8 Å². The zero-order valence-electron chi connectivity index (χ0n) is 12.7. The Kier molecular flexibility index (Phi) is 3.65. The molecule has 0 unspecified atom stereocenters. The Balaban J connectivity index is 1.48. The molecule has 1 saturated carbocycles. The van der Waals surface area contributed by atoms with Crippen molar-refractivity contribution in [3.63, 3.8) is 0 Å². The highest BCUT2D eigenvalue weighted by Crippen LogP contribution is 2.43. The maximum atomic E-state index is 12.8. The van der Waals surface area contributed by atoms with Gasteiger partial charge in [0.2, 0.25) is 5.91 Å². The van der Waals surface area contributed by atoms with Crippen LogP contribution in [0.25, 0.3) is 0 Å². The highest BCUT2D eigenvalue weighted by Gasteiger charge is 2.36. The fourth-order valence-corrected chi connectivity index (χ4v) is 3.80. The van der Waals surface area contributed by atoms with Gasteiger partial charge in [0.1, 0.15) is 6.33 Å². The number of hydrogen-bond acceptors (Lipinski definition) is 4. The summed E-state index contributed by atoms with van der Waals surface area (Å²) < 4.78 is 1.51. The molecule has 0 radical (unpaired) electrons. The van der Waals surface area contributed by atoms with Gasteiger partial charge in [-0.25, -0.2) is 4.68 Å². The number of amides is 1. The molecule has 2 bridgehead atoms. The van der Waals surface area contributed by atoms with E-state index in [0.29, 0.717) is 17.8 Å². The number of hydrogen-bond donors (Lipinski definition) is 1. The van der Waals surface area contributed by atoms with E-state index in [1.807, 2.05) is 30.3 Å². The smallest absolute Gasteiger partial charge is 0.249 e. The first-order chi connectivity index (χ1) is 11.3. The second kappa shape index (κ2) is 5.95. The van der Waals surface area contributed by atoms with Crippen LogP contribution in [-0.4, -0.2) is 32.7 Å². The average molecular weight is 309 g/mol. The minimum Gasteiger partial charge on any atom is -0.354 e. The van der Waals surface area contributed by atoms with Crippen LogP contribution in [0.15, 0.2) is 48.8 Å². The quantitative estimate of drug-likeness (QED) is 0.851. The SMILES string of the molecule is O=C(NC[C@H]1C[C@H]2C=C[C@@H]1C2)[C@@H](c1ccccc1)n1cnnn1. The summed E-state index contributed by atoms with van der Waals surface area (Å²) in [5.41, 5.74) is 0.880. The van der Waals surface area contributed by atoms with E-state index in [2.05, 4.69) is 33.0 Å². The van der Waals surface area contributed by atoms with Gasteiger partial charge in [0.15, 0.2) is 6.04 Å². The minimum absolute atomic E-state index is 0.0600. The molecule has 0 spiro atoms. The van der Waals surface area contributed by atoms with Gasteiger partial charge < -0.3 is 5.32 Å². The van der Waals surface area contributed by atoms with Crippen molar-refractivity contribution in [2.45, 2.75) is 18.9 Å². The largest absolute Gasteiger partial charge is 0.354 e. The molecular weight excluding hydrogens is 290 g/mol. The third-order valence-electron chi connectivity index (χ3n) is 4.95. The summed E-state index contributed by atoms with van der Waals surface area (Å²) in [7, 11) is 0. The standard InChI is InChI=1S/C17H19N5O/c23-17(18-10-15-9-12-6-7-14(15)8-12)16(22-11-19-20-21-22)13-4-2-1-3-5-13/h1-7,11-12,14-16H,8-10H2,(H,18,23)/t12-,14+,15+,16+/m0/s1. The number of aromatic nitrogens is 4. The molecule has 2 aliphatic carbocycles. The van der Waals surface area contributed by atoms with Crippen LogP contribution in [0.2, 0.25) is 0 Å². The molecule has 1 fully saturated rings. The number of tetrazole rings is 1. The third kappa shape index (κ3) is 2.76. The zero-order chi connectivity index (χ0) is 15.6. The Labute approximate surface area is 134 Å². The number of nitrogens with zero attached hydrogens (tertiary/aromatic N) is 4. The van der Waals surface area contributed by atoms with Crippen LogP contribution in [0.4, 0.5) is 0 Å². The highest BCUT2D eigenvalue weighted by atomic mass is 16.2. The van der Waals surface area contributed by atoms with E-state index >= 15 is 0 Å². The van der Waals surface area contributed by atoms with Gasteiger partial charge in [0, 0.05) is 6.54 Å². The van der Waals surface area contributed by atoms with Crippen LogP contribution in [0.3, 0.4) is 0 Å². The summed E-state index contributed by atoms with van der Waals surface area (Å²) in [6, 6.07) is 9.08. The van der Waals surface area contributed by atoms with E-state index in [1.54, 1.807) is 0 Å². The molecule has 0 aliphatic heterocycles. The van der Waals surface area contributed by atoms with Crippen molar-refractivity contribution in [1.82, 2.24) is 25.5 Å². The molecule has 1 aromatic carbocycles. The summed E-state index contributed by atoms with van der Waals surface area (Å²) in [5.74, 6) is 1.84. The van der Waals surface area contributed by atoms with Crippen molar-refractivity contribution < 1.29 is 4.79 Å². The molecule has 6 heteroatoms. The van der Waals surface area contributed by atoms with Crippen LogP contribution in [-0.2, 0) is 4.79 Å². The van der Waals surface area contributed by atoms with Crippen LogP contribution in [0.1, 0.15) is 24.4 Å². The van der Waals surface area contributed by atoms with Crippen LogP contribution < -0.4 is 5.32 Å². The monoisotopic (exact) mass is 309 g/mol. The number of benzene rings is 1. The first-order valence-electron chi connectivity index (χ1n) is 8.04. The Morgan fingerprint density at radius 3 is 2.78 bits per heavy atom. The predicted molar refractivity (Wildman–Crippen MR) is 84.3 cm³/mol. The van der Waals surface area contributed by atoms with Gasteiger partial charge >= 0.3 is 0 Å². The van der Waals surface area contributed by atoms with Gasteiger partial charge in [0.05, 0.1) is 0 Å². The predicted octanol–water partition coefficient (Wildman–Crippen LogP) is 1.59. The first kappa shape index (κ1) is 14.1. The van der Waals surface area contributed by atoms with Crippen molar-refractivity contribution in [2.24, 2.45) is 17.8 Å². The molecule has 2 aliphatic rings. The van der Waals surface area contributed by atoms with Crippen molar-refractivity contribution >= 4 is 5.91 Å². The first-order valence-corrected chi connectivity index (χ1v) is 8.04. The van der Waals surface area contributed by atoms with Crippen molar-refractivity contribution in [3.05, 3.63) is 54.4 Å². The van der Waals surface area contributed by atoms with Crippen molar-refractivity contribution in [2.75, 3.05) is 6.54 Å². The van der Waals surface area contributed by atoms with E-state index in [0.717, 1.165) is 12.1 Å². The molecule has 1 aromatic heterocycles. The van der Waals surface area contributed by atoms with Crippen LogP contribution in [0.5, 0.6) is 0 Å². The van der Waals surface area contributed by atoms with E-state index in [-0.39, 0.29) is 5.91 Å². The second-order valence-corrected chi connectivity index (χ2v) is 6.39. The summed E-state index contributed by atoms with van der Waals surface area (Å²) >= 11 is 0. The number of nitrogens with one attached hydrogen (secondary N) is 1. The number of carbonyl (C=O) groups is 1. The number of fused-ring (bicyclic) bond motifs is 2. The molecular formula is C17H19N5O. The lowest BCUT2D eigenvalue weighted by Gasteiger charge is -2.21. The summed E-state index contributed by atoms with van der Waals surface area (Å²) in [6.45, 7) is 0.718. The summed E-state index contributed by atoms with van der Waals surface area (Å²) in [5, 5.41) is 14.3. The zero-order valence-corrected chi connectivity index (χ0v) is 12.7. The molecule has 2 aromatic rings. The Morgan fingerprint density at radius 2 is 2.13 bits per heavy atom. The Hall–Kier alpha value is -2.50. The molecule has 4 atom stereocenters. The maximum Gasteiger partial charge on any atom is 0.249 e. The van der Waals surface area contributed by atoms with E-state index in [9.17, 15) is 4.79 Å². The average Bonchev–Trinajstić information content (AvgIpc) is 3.32. The Bertz CT molecular complexity index is 697. The Morgan fingerprint density at radius 1 is 1.26 bits per heavy atom. The molecule has 118 valence electrons. The van der Waals surface area contributed by atoms with E-state index in [4.69, 9.17) is 0 Å². The van der Waals surface area contributed by atoms with Gasteiger partial charge in [-0.1, -0.05) is 42.5 Å². The molecule has 1 N–H and O–H groups in total. The lowest BCUT2D eigenvalue weighted by atomic mass is 9.93. The molecule has 1 amide bonds. The normalized spacial score (nSPS) is 26.3. The molecule has 6 nitrogen and oxygen atoms in total. The van der Waals surface area contributed by atoms with Gasteiger partial charge in [0.25, 0.3) is 0 Å². The van der Waals surface area contributed by atoms with E-state index < -0.39 is 6.04 Å². The van der Waals surface area contributed by atoms with Crippen molar-refractivity contribution in [1.29, 1.82) is 0 Å². The number of allylic oxidation sites excluding steroid dienone is 2. The number of rotatable bonds is 5. The second-order valence-electron chi connectivity index (χ2n) is 6.39. The van der Waals surface area contributed by atoms with Gasteiger partial charge in [-0.15, -0.1) is 5.10 Å². The summed E-state index contributed by atoms with van der Waals surface area (Å²) in [6.07, 6.45) is 8.54. The van der Waals surface area contributed by atoms with E-state index in [1.165, 1.54) is 23.9 Å². The fourth-order valence-electron chi connectivity index (χ4n) is 3.80. The van der Waals surface area contributed by atoms with Gasteiger partial charge in [-0.3, -0.25) is 4.79 Å². The van der Waals surface area contributed by atoms with Gasteiger partial charge in [-0.2, -0.15) is 0 Å². The number of carbonyl (C=O) groups excluding carboxylic acids is 1. The lowest BCUT2D eigenvalue weighted by molar-refractivity contribution is -0.123. The van der Waals surface area contributed by atoms with Crippen molar-refractivity contribution in [3.8, 4) is 0 Å². The molecule has 4 rings (SSSR count). The third-order valence-corrected chi connectivity index (χ3v) is 4.95. The molecule has 23 heavy (non-hydrogen) atoms. The fraction of sp³-hybridized carbons (Fsp3) is 0.412. The van der Waals surface area contributed by atoms with Gasteiger partial charge in [-0.05, 0) is 46.6 Å². The highest BCUT2D eigenvalue weighted by molar-refractivity contribution is 5.83. The van der Waals surface area contributed by atoms with Crippen LogP contribution >= 0.6 is 0 Å². The summed E-state index contributed by atoms with van der Waals surface area (Å²) in [4.78, 5) is 12.8. The topological polar surface area (TPSA) is 72.7 Å². The lowest BCUT2D eigenvalue weighted by Crippen LogP contribution is -2.37. The molecule has 1 heterocycles. The molecule has 0 saturated heterocycles.